The molecular weight excluding hydrogens is 312 g/mol. The topological polar surface area (TPSA) is 111 Å². The minimum absolute atomic E-state index is 0.0247. The number of rotatable bonds is 5. The minimum atomic E-state index is -0.855. The molecule has 2 aromatic rings. The van der Waals surface area contributed by atoms with E-state index in [9.17, 15) is 15.1 Å². The maximum absolute atomic E-state index is 12.4. The van der Waals surface area contributed by atoms with E-state index in [-0.39, 0.29) is 18.2 Å². The number of hydroxylamine groups is 2. The van der Waals surface area contributed by atoms with E-state index in [4.69, 9.17) is 4.74 Å². The lowest BCUT2D eigenvalue weighted by atomic mass is 10.2. The molecule has 0 aliphatic carbocycles. The van der Waals surface area contributed by atoms with Crippen molar-refractivity contribution >= 4 is 11.8 Å². The Morgan fingerprint density at radius 3 is 2.92 bits per heavy atom. The maximum Gasteiger partial charge on any atom is 0.274 e. The third kappa shape index (κ3) is 3.23. The number of carbonyl (C=O) groups excluding carboxylic acids is 1. The van der Waals surface area contributed by atoms with Crippen LogP contribution in [0.15, 0.2) is 41.8 Å². The summed E-state index contributed by atoms with van der Waals surface area (Å²) >= 11 is 0. The van der Waals surface area contributed by atoms with Gasteiger partial charge < -0.3 is 14.8 Å². The summed E-state index contributed by atoms with van der Waals surface area (Å²) in [5.74, 6) is -0.329. The van der Waals surface area contributed by atoms with E-state index >= 15 is 0 Å². The number of carbonyl (C=O) groups is 1. The van der Waals surface area contributed by atoms with Crippen molar-refractivity contribution in [3.8, 4) is 5.75 Å². The molecule has 126 valence electrons. The van der Waals surface area contributed by atoms with E-state index in [0.29, 0.717) is 17.0 Å². The molecule has 0 bridgehead atoms. The van der Waals surface area contributed by atoms with Crippen LogP contribution in [0, 0.1) is 0 Å². The number of hydrogen-bond acceptors (Lipinski definition) is 6. The van der Waals surface area contributed by atoms with Gasteiger partial charge in [-0.25, -0.2) is 15.0 Å². The summed E-state index contributed by atoms with van der Waals surface area (Å²) in [6.45, 7) is 1.81. The van der Waals surface area contributed by atoms with Gasteiger partial charge in [0.05, 0.1) is 18.4 Å². The van der Waals surface area contributed by atoms with Gasteiger partial charge >= 0.3 is 0 Å². The Morgan fingerprint density at radius 2 is 2.21 bits per heavy atom. The number of phenols is 1. The summed E-state index contributed by atoms with van der Waals surface area (Å²) in [5.41, 5.74) is 1.23. The molecule has 3 N–H and O–H groups in total. The van der Waals surface area contributed by atoms with Crippen LogP contribution < -0.4 is 0 Å². The number of nitrogens with zero attached hydrogens (tertiary/aromatic N) is 3. The molecule has 0 saturated carbocycles. The number of benzene rings is 1. The van der Waals surface area contributed by atoms with Gasteiger partial charge in [-0.3, -0.25) is 10.0 Å². The number of imidazole rings is 1. The van der Waals surface area contributed by atoms with Gasteiger partial charge in [0.15, 0.2) is 6.04 Å². The number of para-hydroxylation sites is 1. The molecule has 0 fully saturated rings. The third-order valence-electron chi connectivity index (χ3n) is 3.79. The highest BCUT2D eigenvalue weighted by Crippen LogP contribution is 2.24. The molecule has 8 heteroatoms. The van der Waals surface area contributed by atoms with Crippen molar-refractivity contribution in [2.24, 2.45) is 4.99 Å². The molecule has 3 rings (SSSR count). The second kappa shape index (κ2) is 6.71. The van der Waals surface area contributed by atoms with Crippen LogP contribution in [0.2, 0.25) is 0 Å². The highest BCUT2D eigenvalue weighted by molar-refractivity contribution is 6.00. The van der Waals surface area contributed by atoms with E-state index in [2.05, 4.69) is 15.0 Å². The molecule has 1 aromatic heterocycles. The molecule has 1 aliphatic heterocycles. The van der Waals surface area contributed by atoms with Crippen LogP contribution in [0.4, 0.5) is 0 Å². The van der Waals surface area contributed by atoms with Crippen LogP contribution in [0.3, 0.4) is 0 Å². The van der Waals surface area contributed by atoms with Crippen molar-refractivity contribution < 1.29 is 19.8 Å². The number of ether oxygens (including phenoxy) is 1. The zero-order chi connectivity index (χ0) is 17.1. The van der Waals surface area contributed by atoms with Crippen molar-refractivity contribution in [3.05, 3.63) is 48.0 Å². The van der Waals surface area contributed by atoms with Crippen molar-refractivity contribution in [3.63, 3.8) is 0 Å². The first-order chi connectivity index (χ1) is 11.6. The van der Waals surface area contributed by atoms with Crippen LogP contribution in [0.1, 0.15) is 18.2 Å². The van der Waals surface area contributed by atoms with E-state index in [0.717, 1.165) is 5.69 Å². The summed E-state index contributed by atoms with van der Waals surface area (Å²) in [6.07, 6.45) is 3.08. The standard InChI is InChI=1S/C16H18N4O4/c1-10-14(16(22)20(23)7-6-11-8-17-9-18-11)19-15(24-10)12-4-2-3-5-13(12)21/h2-5,8-10,14,21,23H,6-7H2,1H3,(H,17,18). The van der Waals surface area contributed by atoms with Gasteiger partial charge in [-0.1, -0.05) is 12.1 Å². The molecule has 2 unspecified atom stereocenters. The van der Waals surface area contributed by atoms with Crippen molar-refractivity contribution in [1.82, 2.24) is 15.0 Å². The fourth-order valence-corrected chi connectivity index (χ4v) is 2.46. The van der Waals surface area contributed by atoms with Crippen LogP contribution in [0.5, 0.6) is 5.75 Å². The Hall–Kier alpha value is -2.87. The van der Waals surface area contributed by atoms with Crippen molar-refractivity contribution in [2.75, 3.05) is 6.54 Å². The van der Waals surface area contributed by atoms with Gasteiger partial charge in [-0.15, -0.1) is 0 Å². The predicted molar refractivity (Wildman–Crippen MR) is 84.8 cm³/mol. The second-order valence-electron chi connectivity index (χ2n) is 5.51. The average Bonchev–Trinajstić information content (AvgIpc) is 3.22. The van der Waals surface area contributed by atoms with Crippen LogP contribution >= 0.6 is 0 Å². The van der Waals surface area contributed by atoms with Crippen LogP contribution in [-0.2, 0) is 16.0 Å². The molecule has 0 spiro atoms. The summed E-state index contributed by atoms with van der Waals surface area (Å²) in [5, 5.41) is 20.5. The third-order valence-corrected chi connectivity index (χ3v) is 3.79. The zero-order valence-electron chi connectivity index (χ0n) is 13.1. The Labute approximate surface area is 138 Å². The fourth-order valence-electron chi connectivity index (χ4n) is 2.46. The number of aromatic hydroxyl groups is 1. The molecule has 0 radical (unpaired) electrons. The maximum atomic E-state index is 12.4. The SMILES string of the molecule is CC1OC(c2ccccc2O)=NC1C(=O)N(O)CCc1cnc[nH]1. The number of hydrogen-bond donors (Lipinski definition) is 3. The molecule has 24 heavy (non-hydrogen) atoms. The lowest BCUT2D eigenvalue weighted by molar-refractivity contribution is -0.168. The van der Waals surface area contributed by atoms with Gasteiger partial charge in [0, 0.05) is 18.3 Å². The number of aliphatic imine (C=N–C) groups is 1. The largest absolute Gasteiger partial charge is 0.507 e. The number of aromatic amines is 1. The Balaban J connectivity index is 1.69. The first kappa shape index (κ1) is 16.0. The zero-order valence-corrected chi connectivity index (χ0v) is 13.1. The quantitative estimate of drug-likeness (QED) is 0.562. The highest BCUT2D eigenvalue weighted by Gasteiger charge is 2.36. The Kier molecular flexibility index (Phi) is 4.48. The summed E-state index contributed by atoms with van der Waals surface area (Å²) in [4.78, 5) is 23.4. The molecule has 0 saturated heterocycles. The lowest BCUT2D eigenvalue weighted by Crippen LogP contribution is -2.41. The molecule has 2 atom stereocenters. The predicted octanol–water partition coefficient (Wildman–Crippen LogP) is 1.11. The summed E-state index contributed by atoms with van der Waals surface area (Å²) in [6, 6.07) is 5.74. The monoisotopic (exact) mass is 330 g/mol. The molecule has 1 aliphatic rings. The normalized spacial score (nSPS) is 19.7. The minimum Gasteiger partial charge on any atom is -0.507 e. The van der Waals surface area contributed by atoms with Crippen LogP contribution in [0.25, 0.3) is 0 Å². The number of H-pyrrole nitrogens is 1. The average molecular weight is 330 g/mol. The molecule has 8 nitrogen and oxygen atoms in total. The number of aromatic nitrogens is 2. The lowest BCUT2D eigenvalue weighted by Gasteiger charge is -2.19. The van der Waals surface area contributed by atoms with E-state index in [1.807, 2.05) is 0 Å². The Bertz CT molecular complexity index is 744. The number of phenolic OH excluding ortho intramolecular Hbond substituents is 1. The summed E-state index contributed by atoms with van der Waals surface area (Å²) in [7, 11) is 0. The van der Waals surface area contributed by atoms with Gasteiger partial charge in [0.25, 0.3) is 5.91 Å². The van der Waals surface area contributed by atoms with E-state index in [1.165, 1.54) is 12.4 Å². The first-order valence-electron chi connectivity index (χ1n) is 7.56. The van der Waals surface area contributed by atoms with Crippen molar-refractivity contribution in [1.29, 1.82) is 0 Å². The summed E-state index contributed by atoms with van der Waals surface area (Å²) < 4.78 is 5.58. The fraction of sp³-hybridized carbons (Fsp3) is 0.312. The smallest absolute Gasteiger partial charge is 0.274 e. The number of nitrogens with one attached hydrogen (secondary N) is 1. The van der Waals surface area contributed by atoms with E-state index in [1.54, 1.807) is 31.3 Å². The van der Waals surface area contributed by atoms with Crippen LogP contribution in [-0.4, -0.2) is 55.8 Å². The molecular formula is C16H18N4O4. The molecule has 2 heterocycles. The van der Waals surface area contributed by atoms with E-state index < -0.39 is 18.1 Å². The Morgan fingerprint density at radius 1 is 1.42 bits per heavy atom. The highest BCUT2D eigenvalue weighted by atomic mass is 16.5. The van der Waals surface area contributed by atoms with Crippen molar-refractivity contribution in [2.45, 2.75) is 25.5 Å². The van der Waals surface area contributed by atoms with Gasteiger partial charge in [0.1, 0.15) is 11.9 Å². The van der Waals surface area contributed by atoms with Gasteiger partial charge in [-0.2, -0.15) is 0 Å². The first-order valence-corrected chi connectivity index (χ1v) is 7.56. The molecule has 1 amide bonds. The molecule has 1 aromatic carbocycles. The van der Waals surface area contributed by atoms with Gasteiger partial charge in [0.2, 0.25) is 5.90 Å². The number of amides is 1. The van der Waals surface area contributed by atoms with Gasteiger partial charge in [-0.05, 0) is 19.1 Å². The second-order valence-corrected chi connectivity index (χ2v) is 5.51.